The third-order valence-electron chi connectivity index (χ3n) is 5.15. The highest BCUT2D eigenvalue weighted by Gasteiger charge is 2.29. The van der Waals surface area contributed by atoms with Crippen molar-refractivity contribution in [3.8, 4) is 16.9 Å². The summed E-state index contributed by atoms with van der Waals surface area (Å²) in [5.41, 5.74) is 1.35. The molecule has 0 saturated heterocycles. The van der Waals surface area contributed by atoms with Crippen LogP contribution in [0.4, 0.5) is 13.2 Å². The number of aryl methyl sites for hydroxylation is 1. The number of nitrogens with zero attached hydrogens (tertiary/aromatic N) is 3. The maximum absolute atomic E-state index is 12.8. The Labute approximate surface area is 207 Å². The third-order valence-corrected chi connectivity index (χ3v) is 6.51. The zero-order valence-corrected chi connectivity index (χ0v) is 20.6. The Balaban J connectivity index is 1.81. The van der Waals surface area contributed by atoms with Crippen LogP contribution in [0.2, 0.25) is 5.02 Å². The van der Waals surface area contributed by atoms with Crippen molar-refractivity contribution in [1.82, 2.24) is 14.1 Å². The van der Waals surface area contributed by atoms with Gasteiger partial charge in [-0.15, -0.1) is 11.3 Å². The molecule has 184 valence electrons. The molecule has 0 fully saturated rings. The van der Waals surface area contributed by atoms with Crippen molar-refractivity contribution < 1.29 is 17.9 Å². The van der Waals surface area contributed by atoms with Crippen molar-refractivity contribution in [3.63, 3.8) is 0 Å². The maximum Gasteiger partial charge on any atom is 0.406 e. The molecule has 4 aromatic rings. The summed E-state index contributed by atoms with van der Waals surface area (Å²) in [6.45, 7) is 4.09. The summed E-state index contributed by atoms with van der Waals surface area (Å²) in [5, 5.41) is 0.538. The average molecular weight is 524 g/mol. The normalized spacial score (nSPS) is 12.0. The van der Waals surface area contributed by atoms with Crippen molar-refractivity contribution >= 4 is 33.2 Å². The molecule has 1 aromatic carbocycles. The van der Waals surface area contributed by atoms with Gasteiger partial charge >= 0.3 is 11.9 Å². The van der Waals surface area contributed by atoms with Gasteiger partial charge in [0.1, 0.15) is 12.3 Å². The van der Waals surface area contributed by atoms with E-state index in [9.17, 15) is 22.8 Å². The molecule has 0 amide bonds. The van der Waals surface area contributed by atoms with E-state index in [2.05, 4.69) is 4.98 Å². The van der Waals surface area contributed by atoms with E-state index in [0.717, 1.165) is 38.2 Å². The first kappa shape index (κ1) is 25.0. The van der Waals surface area contributed by atoms with E-state index in [1.54, 1.807) is 18.3 Å². The highest BCUT2D eigenvalue weighted by Crippen LogP contribution is 2.41. The van der Waals surface area contributed by atoms with Crippen molar-refractivity contribution in [2.24, 2.45) is 0 Å². The molecule has 11 heteroatoms. The van der Waals surface area contributed by atoms with Crippen LogP contribution in [0.15, 0.2) is 52.3 Å². The molecule has 0 bridgehead atoms. The van der Waals surface area contributed by atoms with Gasteiger partial charge in [-0.05, 0) is 50.6 Å². The molecule has 0 unspecified atom stereocenters. The molecule has 0 spiro atoms. The summed E-state index contributed by atoms with van der Waals surface area (Å²) in [5.74, 6) is 0.682. The summed E-state index contributed by atoms with van der Waals surface area (Å²) >= 11 is 7.64. The minimum Gasteiger partial charge on any atom is -0.490 e. The van der Waals surface area contributed by atoms with E-state index in [1.807, 2.05) is 32.9 Å². The SMILES string of the molecule is Cc1cc(Cl)cc(-c2ccnc3cc(Cn4c(=O)ccn(CC(F)(F)F)c4=O)sc23)c1OC(C)C. The number of hydrogen-bond donors (Lipinski definition) is 0. The van der Waals surface area contributed by atoms with E-state index in [4.69, 9.17) is 16.3 Å². The number of fused-ring (bicyclic) bond motifs is 1. The first-order valence-electron chi connectivity index (χ1n) is 10.6. The fraction of sp³-hybridized carbons (Fsp3) is 0.292. The van der Waals surface area contributed by atoms with Gasteiger partial charge in [0.15, 0.2) is 0 Å². The Morgan fingerprint density at radius 1 is 1.14 bits per heavy atom. The van der Waals surface area contributed by atoms with Gasteiger partial charge in [-0.2, -0.15) is 13.2 Å². The Kier molecular flexibility index (Phi) is 6.79. The first-order chi connectivity index (χ1) is 16.4. The molecule has 4 rings (SSSR count). The highest BCUT2D eigenvalue weighted by molar-refractivity contribution is 7.19. The maximum atomic E-state index is 12.8. The molecule has 0 atom stereocenters. The third kappa shape index (κ3) is 5.43. The van der Waals surface area contributed by atoms with E-state index < -0.39 is 24.0 Å². The van der Waals surface area contributed by atoms with Gasteiger partial charge in [-0.1, -0.05) is 11.6 Å². The van der Waals surface area contributed by atoms with Crippen LogP contribution in [0, 0.1) is 6.92 Å². The summed E-state index contributed by atoms with van der Waals surface area (Å²) in [7, 11) is 0. The molecule has 0 saturated carbocycles. The zero-order valence-electron chi connectivity index (χ0n) is 19.0. The number of pyridine rings is 1. The quantitative estimate of drug-likeness (QED) is 0.328. The molecular formula is C24H21ClF3N3O3S. The van der Waals surface area contributed by atoms with Gasteiger partial charge < -0.3 is 4.74 Å². The van der Waals surface area contributed by atoms with E-state index in [0.29, 0.717) is 25.7 Å². The van der Waals surface area contributed by atoms with Gasteiger partial charge in [0, 0.05) is 39.5 Å². The standard InChI is InChI=1S/C24H21ClF3N3O3S/c1-13(2)34-21-14(3)8-15(25)9-18(21)17-4-6-29-19-10-16(35-22(17)19)11-31-20(32)5-7-30(23(31)33)12-24(26,27)28/h4-10,13H,11-12H2,1-3H3. The predicted octanol–water partition coefficient (Wildman–Crippen LogP) is 5.65. The second-order valence-corrected chi connectivity index (χ2v) is 9.89. The van der Waals surface area contributed by atoms with Crippen LogP contribution in [0.3, 0.4) is 0 Å². The molecule has 0 aliphatic rings. The summed E-state index contributed by atoms with van der Waals surface area (Å²) in [6, 6.07) is 8.11. The average Bonchev–Trinajstić information content (AvgIpc) is 3.17. The smallest absolute Gasteiger partial charge is 0.406 e. The minimum atomic E-state index is -4.59. The lowest BCUT2D eigenvalue weighted by Crippen LogP contribution is -2.41. The molecule has 0 N–H and O–H groups in total. The number of benzene rings is 1. The number of rotatable bonds is 6. The van der Waals surface area contributed by atoms with Gasteiger partial charge in [-0.3, -0.25) is 18.9 Å². The Hall–Kier alpha value is -3.11. The van der Waals surface area contributed by atoms with Crippen LogP contribution in [0.5, 0.6) is 5.75 Å². The van der Waals surface area contributed by atoms with Crippen molar-refractivity contribution in [2.75, 3.05) is 0 Å². The number of hydrogen-bond acceptors (Lipinski definition) is 5. The van der Waals surface area contributed by atoms with Gasteiger partial charge in [0.25, 0.3) is 5.56 Å². The highest BCUT2D eigenvalue weighted by atomic mass is 35.5. The molecule has 35 heavy (non-hydrogen) atoms. The second-order valence-electron chi connectivity index (χ2n) is 8.32. The molecule has 3 aromatic heterocycles. The fourth-order valence-corrected chi connectivity index (χ4v) is 5.17. The van der Waals surface area contributed by atoms with Crippen LogP contribution in [-0.2, 0) is 13.1 Å². The van der Waals surface area contributed by atoms with Crippen LogP contribution in [-0.4, -0.2) is 26.4 Å². The predicted molar refractivity (Wildman–Crippen MR) is 131 cm³/mol. The topological polar surface area (TPSA) is 66.1 Å². The molecule has 0 aliphatic heterocycles. The van der Waals surface area contributed by atoms with E-state index in [-0.39, 0.29) is 12.6 Å². The lowest BCUT2D eigenvalue weighted by atomic mass is 10.0. The minimum absolute atomic E-state index is 0.0753. The molecular weight excluding hydrogens is 503 g/mol. The van der Waals surface area contributed by atoms with E-state index >= 15 is 0 Å². The zero-order chi connectivity index (χ0) is 25.5. The molecule has 3 heterocycles. The molecule has 6 nitrogen and oxygen atoms in total. The van der Waals surface area contributed by atoms with E-state index in [1.165, 1.54) is 11.3 Å². The van der Waals surface area contributed by atoms with Gasteiger partial charge in [0.2, 0.25) is 0 Å². The Morgan fingerprint density at radius 2 is 1.89 bits per heavy atom. The lowest BCUT2D eigenvalue weighted by molar-refractivity contribution is -0.141. The number of ether oxygens (including phenoxy) is 1. The Bertz CT molecular complexity index is 1520. The largest absolute Gasteiger partial charge is 0.490 e. The van der Waals surface area contributed by atoms with Gasteiger partial charge in [0.05, 0.1) is 22.9 Å². The number of alkyl halides is 3. The number of aromatic nitrogens is 3. The van der Waals surface area contributed by atoms with Crippen LogP contribution < -0.4 is 16.0 Å². The van der Waals surface area contributed by atoms with Crippen molar-refractivity contribution in [3.05, 3.63) is 79.0 Å². The summed E-state index contributed by atoms with van der Waals surface area (Å²) in [6.07, 6.45) is -2.17. The van der Waals surface area contributed by atoms with Crippen LogP contribution in [0.1, 0.15) is 24.3 Å². The lowest BCUT2D eigenvalue weighted by Gasteiger charge is -2.18. The van der Waals surface area contributed by atoms with Gasteiger partial charge in [-0.25, -0.2) is 4.79 Å². The summed E-state index contributed by atoms with van der Waals surface area (Å²) < 4.78 is 46.6. The number of thiophene rings is 1. The monoisotopic (exact) mass is 523 g/mol. The molecule has 0 radical (unpaired) electrons. The Morgan fingerprint density at radius 3 is 2.57 bits per heavy atom. The second kappa shape index (κ2) is 9.50. The van der Waals surface area contributed by atoms with Crippen LogP contribution >= 0.6 is 22.9 Å². The number of halogens is 4. The fourth-order valence-electron chi connectivity index (χ4n) is 3.77. The summed E-state index contributed by atoms with van der Waals surface area (Å²) in [4.78, 5) is 29.9. The molecule has 0 aliphatic carbocycles. The van der Waals surface area contributed by atoms with Crippen LogP contribution in [0.25, 0.3) is 21.3 Å². The first-order valence-corrected chi connectivity index (χ1v) is 11.8. The van der Waals surface area contributed by atoms with Crippen molar-refractivity contribution in [2.45, 2.75) is 46.1 Å². The van der Waals surface area contributed by atoms with Crippen molar-refractivity contribution in [1.29, 1.82) is 0 Å².